The van der Waals surface area contributed by atoms with Crippen LogP contribution < -0.4 is 0 Å². The largest absolute Gasteiger partial charge is 0.293 e. The summed E-state index contributed by atoms with van der Waals surface area (Å²) in [5.74, 6) is -0.445. The average Bonchev–Trinajstić information content (AvgIpc) is 2.04. The lowest BCUT2D eigenvalue weighted by molar-refractivity contribution is -0.110. The van der Waals surface area contributed by atoms with Gasteiger partial charge in [-0.1, -0.05) is 30.3 Å². The maximum Gasteiger partial charge on any atom is 0.225 e. The van der Waals surface area contributed by atoms with Gasteiger partial charge in [-0.05, 0) is 0 Å². The van der Waals surface area contributed by atoms with E-state index in [-0.39, 0.29) is 4.86 Å². The van der Waals surface area contributed by atoms with Crippen LogP contribution in [0.3, 0.4) is 0 Å². The molecular weight excluding hydrogens is 188 g/mol. The minimum atomic E-state index is -2.47. The zero-order chi connectivity index (χ0) is 9.84. The fraction of sp³-hybridized carbons (Fsp3) is 0.111. The Hall–Kier alpha value is -1.42. The highest BCUT2D eigenvalue weighted by atomic mass is 32.2. The molecule has 0 heterocycles. The van der Waals surface area contributed by atoms with Gasteiger partial charge in [-0.2, -0.15) is 8.42 Å². The minimum Gasteiger partial charge on any atom is -0.293 e. The Kier molecular flexibility index (Phi) is 2.97. The van der Waals surface area contributed by atoms with Crippen molar-refractivity contribution < 1.29 is 13.2 Å². The van der Waals surface area contributed by atoms with Gasteiger partial charge >= 0.3 is 0 Å². The van der Waals surface area contributed by atoms with Crippen molar-refractivity contribution in [2.24, 2.45) is 0 Å². The SMILES string of the molecule is CC(=O)C(c1ccccc1)=S(=O)=O. The molecule has 0 aromatic heterocycles. The van der Waals surface area contributed by atoms with Crippen LogP contribution in [0, 0.1) is 0 Å². The van der Waals surface area contributed by atoms with Crippen LogP contribution in [0.5, 0.6) is 0 Å². The van der Waals surface area contributed by atoms with Crippen LogP contribution in [0.25, 0.3) is 0 Å². The van der Waals surface area contributed by atoms with E-state index in [1.165, 1.54) is 6.92 Å². The Morgan fingerprint density at radius 1 is 1.15 bits per heavy atom. The summed E-state index contributed by atoms with van der Waals surface area (Å²) in [7, 11) is -2.47. The van der Waals surface area contributed by atoms with E-state index in [0.29, 0.717) is 5.56 Å². The topological polar surface area (TPSA) is 51.2 Å². The number of ketones is 1. The fourth-order valence-electron chi connectivity index (χ4n) is 1.01. The summed E-state index contributed by atoms with van der Waals surface area (Å²) in [4.78, 5) is 10.8. The third kappa shape index (κ3) is 2.26. The summed E-state index contributed by atoms with van der Waals surface area (Å²) in [6.07, 6.45) is 0. The van der Waals surface area contributed by atoms with Gasteiger partial charge in [0.25, 0.3) is 0 Å². The summed E-state index contributed by atoms with van der Waals surface area (Å²) in [6.45, 7) is 1.23. The summed E-state index contributed by atoms with van der Waals surface area (Å²) < 4.78 is 21.4. The first-order chi connectivity index (χ1) is 6.13. The van der Waals surface area contributed by atoms with Crippen molar-refractivity contribution in [3.63, 3.8) is 0 Å². The summed E-state index contributed by atoms with van der Waals surface area (Å²) in [5, 5.41) is 0. The van der Waals surface area contributed by atoms with Gasteiger partial charge in [0.05, 0.1) is 0 Å². The molecule has 0 bridgehead atoms. The molecule has 0 atom stereocenters. The standard InChI is InChI=1S/C9H8O3S/c1-7(10)9(13(11)12)8-5-3-2-4-6-8/h2-6H,1H3. The van der Waals surface area contributed by atoms with E-state index >= 15 is 0 Å². The molecule has 0 unspecified atom stereocenters. The number of rotatable bonds is 2. The minimum absolute atomic E-state index is 0.166. The van der Waals surface area contributed by atoms with E-state index < -0.39 is 16.1 Å². The summed E-state index contributed by atoms with van der Waals surface area (Å²) in [6, 6.07) is 8.31. The molecule has 0 spiro atoms. The van der Waals surface area contributed by atoms with Crippen molar-refractivity contribution in [3.8, 4) is 0 Å². The molecule has 1 aromatic rings. The van der Waals surface area contributed by atoms with E-state index in [9.17, 15) is 13.2 Å². The van der Waals surface area contributed by atoms with Crippen LogP contribution in [-0.4, -0.2) is 19.1 Å². The molecule has 0 aliphatic carbocycles. The molecule has 1 aromatic carbocycles. The Balaban J connectivity index is 3.38. The molecule has 3 nitrogen and oxygen atoms in total. The maximum absolute atomic E-state index is 11.0. The quantitative estimate of drug-likeness (QED) is 0.516. The molecule has 0 aliphatic rings. The van der Waals surface area contributed by atoms with Crippen LogP contribution in [-0.2, 0) is 15.1 Å². The zero-order valence-corrected chi connectivity index (χ0v) is 7.84. The molecule has 68 valence electrons. The van der Waals surface area contributed by atoms with E-state index in [1.54, 1.807) is 30.3 Å². The number of benzene rings is 1. The van der Waals surface area contributed by atoms with Gasteiger partial charge in [0.15, 0.2) is 5.78 Å². The highest BCUT2D eigenvalue weighted by Gasteiger charge is 2.09. The summed E-state index contributed by atoms with van der Waals surface area (Å²) in [5.41, 5.74) is 0.434. The van der Waals surface area contributed by atoms with Gasteiger partial charge < -0.3 is 0 Å². The predicted octanol–water partition coefficient (Wildman–Crippen LogP) is 0.675. The Labute approximate surface area is 77.5 Å². The van der Waals surface area contributed by atoms with Gasteiger partial charge in [-0.3, -0.25) is 4.79 Å². The molecule has 0 aliphatic heterocycles. The number of hydrogen-bond acceptors (Lipinski definition) is 3. The van der Waals surface area contributed by atoms with E-state index in [1.807, 2.05) is 0 Å². The summed E-state index contributed by atoms with van der Waals surface area (Å²) >= 11 is 0. The third-order valence-corrected chi connectivity index (χ3v) is 2.38. The number of hydrogen-bond donors (Lipinski definition) is 0. The van der Waals surface area contributed by atoms with Crippen LogP contribution in [0.15, 0.2) is 30.3 Å². The Morgan fingerprint density at radius 2 is 1.69 bits per heavy atom. The van der Waals surface area contributed by atoms with Crippen LogP contribution in [0.2, 0.25) is 0 Å². The van der Waals surface area contributed by atoms with Gasteiger partial charge in [0.2, 0.25) is 10.3 Å². The molecule has 0 N–H and O–H groups in total. The zero-order valence-electron chi connectivity index (χ0n) is 7.02. The second-order valence-corrected chi connectivity index (χ2v) is 3.36. The number of Topliss-reactive ketones (excluding diaryl/α,β-unsaturated/α-hetero) is 1. The molecule has 0 saturated carbocycles. The molecule has 1 rings (SSSR count). The van der Waals surface area contributed by atoms with E-state index in [4.69, 9.17) is 0 Å². The molecule has 0 saturated heterocycles. The first kappa shape index (κ1) is 9.67. The lowest BCUT2D eigenvalue weighted by atomic mass is 10.1. The molecule has 0 radical (unpaired) electrons. The van der Waals surface area contributed by atoms with Gasteiger partial charge in [0, 0.05) is 12.5 Å². The van der Waals surface area contributed by atoms with Crippen molar-refractivity contribution in [2.75, 3.05) is 0 Å². The van der Waals surface area contributed by atoms with E-state index in [2.05, 4.69) is 0 Å². The third-order valence-electron chi connectivity index (χ3n) is 1.52. The van der Waals surface area contributed by atoms with Crippen molar-refractivity contribution >= 4 is 20.9 Å². The smallest absolute Gasteiger partial charge is 0.225 e. The molecule has 0 amide bonds. The fourth-order valence-corrected chi connectivity index (χ4v) is 1.57. The van der Waals surface area contributed by atoms with Gasteiger partial charge in [0.1, 0.15) is 4.86 Å². The lowest BCUT2D eigenvalue weighted by Crippen LogP contribution is -2.12. The number of carbonyl (C=O) groups excluding carboxylic acids is 1. The highest BCUT2D eigenvalue weighted by molar-refractivity contribution is 7.75. The first-order valence-electron chi connectivity index (χ1n) is 3.65. The molecular formula is C9H8O3S. The van der Waals surface area contributed by atoms with Crippen LogP contribution in [0.4, 0.5) is 0 Å². The van der Waals surface area contributed by atoms with Crippen LogP contribution >= 0.6 is 0 Å². The van der Waals surface area contributed by atoms with Gasteiger partial charge in [-0.25, -0.2) is 0 Å². The van der Waals surface area contributed by atoms with Crippen molar-refractivity contribution in [1.29, 1.82) is 0 Å². The van der Waals surface area contributed by atoms with E-state index in [0.717, 1.165) is 0 Å². The first-order valence-corrected chi connectivity index (χ1v) is 4.73. The maximum atomic E-state index is 11.0. The number of carbonyl (C=O) groups is 1. The van der Waals surface area contributed by atoms with Crippen LogP contribution in [0.1, 0.15) is 12.5 Å². The molecule has 13 heavy (non-hydrogen) atoms. The predicted molar refractivity (Wildman–Crippen MR) is 50.2 cm³/mol. The Morgan fingerprint density at radius 3 is 2.08 bits per heavy atom. The normalized spacial score (nSPS) is 9.31. The van der Waals surface area contributed by atoms with Crippen molar-refractivity contribution in [2.45, 2.75) is 6.92 Å². The van der Waals surface area contributed by atoms with Crippen molar-refractivity contribution in [3.05, 3.63) is 35.9 Å². The molecule has 4 heteroatoms. The lowest BCUT2D eigenvalue weighted by Gasteiger charge is -1.96. The monoisotopic (exact) mass is 196 g/mol. The second-order valence-electron chi connectivity index (χ2n) is 2.49. The Bertz CT molecular complexity index is 435. The molecule has 0 fully saturated rings. The van der Waals surface area contributed by atoms with Crippen molar-refractivity contribution in [1.82, 2.24) is 0 Å². The van der Waals surface area contributed by atoms with Gasteiger partial charge in [-0.15, -0.1) is 0 Å². The second kappa shape index (κ2) is 4.00. The average molecular weight is 196 g/mol. The highest BCUT2D eigenvalue weighted by Crippen LogP contribution is 2.00.